The minimum absolute atomic E-state index is 0.0242. The predicted octanol–water partition coefficient (Wildman–Crippen LogP) is 1.15. The SMILES string of the molecule is CN(C(=O)CSc1ccc(N)c(F)c1)C1CCS(=O)(=O)C1. The lowest BCUT2D eigenvalue weighted by Gasteiger charge is -2.23. The maximum atomic E-state index is 13.3. The standard InChI is InChI=1S/C13H17FN2O3S2/c1-16(9-4-5-21(18,19)8-9)13(17)7-20-10-2-3-12(15)11(14)6-10/h2-3,6,9H,4-5,7-8,15H2,1H3. The van der Waals surface area contributed by atoms with E-state index >= 15 is 0 Å². The Morgan fingerprint density at radius 1 is 1.52 bits per heavy atom. The van der Waals surface area contributed by atoms with Crippen molar-refractivity contribution in [1.82, 2.24) is 4.90 Å². The number of carbonyl (C=O) groups is 1. The number of nitrogens with zero attached hydrogens (tertiary/aromatic N) is 1. The van der Waals surface area contributed by atoms with Crippen molar-refractivity contribution in [2.24, 2.45) is 0 Å². The molecule has 116 valence electrons. The highest BCUT2D eigenvalue weighted by molar-refractivity contribution is 8.00. The van der Waals surface area contributed by atoms with Crippen molar-refractivity contribution in [3.63, 3.8) is 0 Å². The Kier molecular flexibility index (Phi) is 4.77. The van der Waals surface area contributed by atoms with Crippen molar-refractivity contribution in [2.75, 3.05) is 30.0 Å². The van der Waals surface area contributed by atoms with Crippen molar-refractivity contribution in [1.29, 1.82) is 0 Å². The monoisotopic (exact) mass is 332 g/mol. The van der Waals surface area contributed by atoms with Crippen LogP contribution in [-0.2, 0) is 14.6 Å². The third kappa shape index (κ3) is 4.10. The van der Waals surface area contributed by atoms with E-state index < -0.39 is 15.7 Å². The van der Waals surface area contributed by atoms with Gasteiger partial charge in [-0.3, -0.25) is 4.79 Å². The van der Waals surface area contributed by atoms with Gasteiger partial charge in [-0.25, -0.2) is 12.8 Å². The van der Waals surface area contributed by atoms with E-state index in [0.717, 1.165) is 0 Å². The van der Waals surface area contributed by atoms with Gasteiger partial charge in [-0.15, -0.1) is 11.8 Å². The Morgan fingerprint density at radius 2 is 2.24 bits per heavy atom. The lowest BCUT2D eigenvalue weighted by Crippen LogP contribution is -2.38. The van der Waals surface area contributed by atoms with Gasteiger partial charge >= 0.3 is 0 Å². The minimum Gasteiger partial charge on any atom is -0.396 e. The van der Waals surface area contributed by atoms with Crippen LogP contribution >= 0.6 is 11.8 Å². The second-order valence-electron chi connectivity index (χ2n) is 5.03. The number of thioether (sulfide) groups is 1. The fourth-order valence-electron chi connectivity index (χ4n) is 2.13. The van der Waals surface area contributed by atoms with Gasteiger partial charge in [0, 0.05) is 18.0 Å². The number of hydrogen-bond donors (Lipinski definition) is 1. The molecule has 21 heavy (non-hydrogen) atoms. The van der Waals surface area contributed by atoms with E-state index in [1.165, 1.54) is 28.8 Å². The van der Waals surface area contributed by atoms with Gasteiger partial charge in [-0.2, -0.15) is 0 Å². The van der Waals surface area contributed by atoms with E-state index in [1.54, 1.807) is 13.1 Å². The summed E-state index contributed by atoms with van der Waals surface area (Å²) in [5, 5.41) is 0. The Bertz CT molecular complexity index is 649. The van der Waals surface area contributed by atoms with Crippen molar-refractivity contribution in [3.05, 3.63) is 24.0 Å². The average molecular weight is 332 g/mol. The highest BCUT2D eigenvalue weighted by Gasteiger charge is 2.32. The number of hydrogen-bond acceptors (Lipinski definition) is 5. The molecule has 5 nitrogen and oxygen atoms in total. The Balaban J connectivity index is 1.91. The second-order valence-corrected chi connectivity index (χ2v) is 8.31. The number of halogens is 1. The number of nitrogen functional groups attached to an aromatic ring is 1. The highest BCUT2D eigenvalue weighted by Crippen LogP contribution is 2.23. The normalized spacial score (nSPS) is 20.4. The molecule has 1 amide bonds. The molecular formula is C13H17FN2O3S2. The van der Waals surface area contributed by atoms with E-state index in [1.807, 2.05) is 0 Å². The Morgan fingerprint density at radius 3 is 2.81 bits per heavy atom. The molecule has 1 aromatic carbocycles. The molecule has 1 aliphatic heterocycles. The van der Waals surface area contributed by atoms with Gasteiger partial charge in [0.05, 0.1) is 22.9 Å². The molecule has 1 fully saturated rings. The zero-order chi connectivity index (χ0) is 15.6. The Labute approximate surface area is 127 Å². The van der Waals surface area contributed by atoms with Crippen LogP contribution in [0.5, 0.6) is 0 Å². The third-order valence-corrected chi connectivity index (χ3v) is 6.21. The van der Waals surface area contributed by atoms with Crippen LogP contribution in [-0.4, -0.2) is 49.6 Å². The molecule has 1 atom stereocenters. The summed E-state index contributed by atoms with van der Waals surface area (Å²) >= 11 is 1.20. The highest BCUT2D eigenvalue weighted by atomic mass is 32.2. The van der Waals surface area contributed by atoms with Crippen molar-refractivity contribution < 1.29 is 17.6 Å². The lowest BCUT2D eigenvalue weighted by atomic mass is 10.2. The summed E-state index contributed by atoms with van der Waals surface area (Å²) in [4.78, 5) is 14.1. The maximum Gasteiger partial charge on any atom is 0.232 e. The fraction of sp³-hybridized carbons (Fsp3) is 0.462. The minimum atomic E-state index is -3.02. The quantitative estimate of drug-likeness (QED) is 0.661. The van der Waals surface area contributed by atoms with Crippen molar-refractivity contribution in [3.8, 4) is 0 Å². The van der Waals surface area contributed by atoms with Gasteiger partial charge in [-0.05, 0) is 24.6 Å². The molecule has 2 rings (SSSR count). The topological polar surface area (TPSA) is 80.5 Å². The van der Waals surface area contributed by atoms with Gasteiger partial charge in [0.15, 0.2) is 9.84 Å². The largest absolute Gasteiger partial charge is 0.396 e. The van der Waals surface area contributed by atoms with Crippen LogP contribution in [0.2, 0.25) is 0 Å². The van der Waals surface area contributed by atoms with Gasteiger partial charge < -0.3 is 10.6 Å². The molecule has 8 heteroatoms. The smallest absolute Gasteiger partial charge is 0.232 e. The molecule has 1 saturated heterocycles. The van der Waals surface area contributed by atoms with Crippen LogP contribution in [0.3, 0.4) is 0 Å². The van der Waals surface area contributed by atoms with Crippen LogP contribution in [0.4, 0.5) is 10.1 Å². The first-order valence-corrected chi connectivity index (χ1v) is 9.23. The van der Waals surface area contributed by atoms with Gasteiger partial charge in [0.2, 0.25) is 5.91 Å². The zero-order valence-electron chi connectivity index (χ0n) is 11.6. The van der Waals surface area contributed by atoms with Crippen LogP contribution in [0.15, 0.2) is 23.1 Å². The Hall–Kier alpha value is -1.28. The van der Waals surface area contributed by atoms with Crippen molar-refractivity contribution >= 4 is 33.2 Å². The number of amides is 1. The van der Waals surface area contributed by atoms with Crippen LogP contribution in [0, 0.1) is 5.82 Å². The summed E-state index contributed by atoms with van der Waals surface area (Å²) in [6.07, 6.45) is 0.478. The van der Waals surface area contributed by atoms with Crippen LogP contribution in [0.1, 0.15) is 6.42 Å². The average Bonchev–Trinajstić information content (AvgIpc) is 2.79. The molecule has 0 aromatic heterocycles. The number of benzene rings is 1. The van der Waals surface area contributed by atoms with Crippen molar-refractivity contribution in [2.45, 2.75) is 17.4 Å². The number of carbonyl (C=O) groups excluding carboxylic acids is 1. The lowest BCUT2D eigenvalue weighted by molar-refractivity contribution is -0.128. The number of nitrogens with two attached hydrogens (primary N) is 1. The molecule has 1 aliphatic rings. The summed E-state index contributed by atoms with van der Waals surface area (Å²) in [6.45, 7) is 0. The first-order valence-electron chi connectivity index (χ1n) is 6.42. The summed E-state index contributed by atoms with van der Waals surface area (Å²) < 4.78 is 36.1. The molecule has 0 saturated carbocycles. The van der Waals surface area contributed by atoms with E-state index in [0.29, 0.717) is 11.3 Å². The molecule has 0 spiro atoms. The first-order chi connectivity index (χ1) is 9.78. The number of anilines is 1. The first kappa shape index (κ1) is 16.1. The number of rotatable bonds is 4. The predicted molar refractivity (Wildman–Crippen MR) is 81.4 cm³/mol. The molecule has 1 heterocycles. The van der Waals surface area contributed by atoms with E-state index in [-0.39, 0.29) is 34.9 Å². The summed E-state index contributed by atoms with van der Waals surface area (Å²) in [5.41, 5.74) is 5.45. The van der Waals surface area contributed by atoms with E-state index in [2.05, 4.69) is 0 Å². The van der Waals surface area contributed by atoms with Gasteiger partial charge in [0.25, 0.3) is 0 Å². The molecule has 2 N–H and O–H groups in total. The fourth-order valence-corrected chi connectivity index (χ4v) is 4.75. The molecular weight excluding hydrogens is 315 g/mol. The summed E-state index contributed by atoms with van der Waals surface area (Å²) in [5.74, 6) is -0.389. The molecule has 0 aliphatic carbocycles. The second kappa shape index (κ2) is 6.23. The molecule has 0 bridgehead atoms. The van der Waals surface area contributed by atoms with Crippen LogP contribution in [0.25, 0.3) is 0 Å². The van der Waals surface area contributed by atoms with E-state index in [9.17, 15) is 17.6 Å². The third-order valence-electron chi connectivity index (χ3n) is 3.48. The molecule has 1 aromatic rings. The maximum absolute atomic E-state index is 13.3. The van der Waals surface area contributed by atoms with Crippen LogP contribution < -0.4 is 5.73 Å². The van der Waals surface area contributed by atoms with E-state index in [4.69, 9.17) is 5.73 Å². The zero-order valence-corrected chi connectivity index (χ0v) is 13.2. The molecule has 1 unspecified atom stereocenters. The van der Waals surface area contributed by atoms with Gasteiger partial charge in [-0.1, -0.05) is 0 Å². The molecule has 0 radical (unpaired) electrons. The number of sulfone groups is 1. The van der Waals surface area contributed by atoms with Gasteiger partial charge in [0.1, 0.15) is 5.82 Å². The summed E-state index contributed by atoms with van der Waals surface area (Å²) in [6, 6.07) is 4.13. The summed E-state index contributed by atoms with van der Waals surface area (Å²) in [7, 11) is -1.41.